The van der Waals surface area contributed by atoms with Crippen molar-refractivity contribution in [1.82, 2.24) is 19.7 Å². The first-order valence-corrected chi connectivity index (χ1v) is 10.7. The van der Waals surface area contributed by atoms with Gasteiger partial charge >= 0.3 is 11.9 Å². The Morgan fingerprint density at radius 3 is 2.33 bits per heavy atom. The van der Waals surface area contributed by atoms with Crippen LogP contribution in [0.4, 0.5) is 22.0 Å². The summed E-state index contributed by atoms with van der Waals surface area (Å²) < 4.78 is 66.0. The number of nitrogens with zero attached hydrogens (tertiary/aromatic N) is 3. The maximum absolute atomic E-state index is 13.0. The number of carbonyl (C=O) groups is 1. The van der Waals surface area contributed by atoms with Crippen LogP contribution >= 0.6 is 11.6 Å². The molecule has 0 radical (unpaired) electrons. The van der Waals surface area contributed by atoms with E-state index in [9.17, 15) is 41.8 Å². The van der Waals surface area contributed by atoms with Crippen molar-refractivity contribution in [2.75, 3.05) is 6.61 Å². The van der Waals surface area contributed by atoms with Crippen molar-refractivity contribution in [1.29, 1.82) is 0 Å². The number of amides is 1. The minimum atomic E-state index is -5.02. The summed E-state index contributed by atoms with van der Waals surface area (Å²) in [5, 5.41) is 25.8. The molecule has 0 aliphatic heterocycles. The van der Waals surface area contributed by atoms with Crippen LogP contribution in [0.25, 0.3) is 11.4 Å². The zero-order valence-corrected chi connectivity index (χ0v) is 19.0. The molecule has 36 heavy (non-hydrogen) atoms. The van der Waals surface area contributed by atoms with Crippen LogP contribution in [0.15, 0.2) is 53.3 Å². The Bertz CT molecular complexity index is 1260. The molecule has 0 aliphatic carbocycles. The molecule has 3 aromatic rings. The largest absolute Gasteiger partial charge is 0.416 e. The Balaban J connectivity index is 1.89. The smallest absolute Gasteiger partial charge is 0.394 e. The summed E-state index contributed by atoms with van der Waals surface area (Å²) in [6, 6.07) is 9.51. The number of rotatable bonds is 9. The molecule has 194 valence electrons. The number of carbonyl (C=O) groups excluding carboxylic acids is 1. The van der Waals surface area contributed by atoms with Crippen molar-refractivity contribution in [3.05, 3.63) is 75.2 Å². The van der Waals surface area contributed by atoms with Gasteiger partial charge in [-0.25, -0.2) is 18.3 Å². The first kappa shape index (κ1) is 27.3. The number of aromatic nitrogens is 3. The molecule has 3 rings (SSSR count). The molecule has 1 amide bonds. The van der Waals surface area contributed by atoms with Gasteiger partial charge in [0.2, 0.25) is 5.91 Å². The number of nitrogens with one attached hydrogen (secondary N) is 1. The first-order chi connectivity index (χ1) is 16.9. The summed E-state index contributed by atoms with van der Waals surface area (Å²) >= 11 is 5.83. The molecule has 1 heterocycles. The highest BCUT2D eigenvalue weighted by molar-refractivity contribution is 6.30. The molecule has 0 saturated heterocycles. The van der Waals surface area contributed by atoms with Gasteiger partial charge in [0.15, 0.2) is 11.9 Å². The van der Waals surface area contributed by atoms with E-state index in [0.29, 0.717) is 14.3 Å². The van der Waals surface area contributed by atoms with Crippen LogP contribution in [0.1, 0.15) is 23.6 Å². The van der Waals surface area contributed by atoms with Crippen LogP contribution < -0.4 is 11.0 Å². The highest BCUT2D eigenvalue weighted by atomic mass is 35.5. The van der Waals surface area contributed by atoms with E-state index in [1.165, 1.54) is 42.5 Å². The summed E-state index contributed by atoms with van der Waals surface area (Å²) in [5.41, 5.74) is -1.07. The van der Waals surface area contributed by atoms with E-state index < -0.39 is 56.0 Å². The lowest BCUT2D eigenvalue weighted by Crippen LogP contribution is -2.39. The van der Waals surface area contributed by atoms with E-state index in [-0.39, 0.29) is 22.5 Å². The molecule has 3 N–H and O–H groups in total. The molecule has 0 bridgehead atoms. The van der Waals surface area contributed by atoms with Crippen LogP contribution in [0.5, 0.6) is 0 Å². The fourth-order valence-electron chi connectivity index (χ4n) is 3.32. The molecule has 14 heteroatoms. The third-order valence-corrected chi connectivity index (χ3v) is 5.39. The lowest BCUT2D eigenvalue weighted by atomic mass is 10.0. The monoisotopic (exact) mass is 534 g/mol. The van der Waals surface area contributed by atoms with Crippen LogP contribution in [0.3, 0.4) is 0 Å². The van der Waals surface area contributed by atoms with E-state index in [0.717, 1.165) is 6.07 Å². The summed E-state index contributed by atoms with van der Waals surface area (Å²) in [6.07, 6.45) is -10.7. The molecule has 1 aromatic heterocycles. The normalized spacial score (nSPS) is 13.6. The number of aliphatic hydroxyl groups is 2. The fraction of sp³-hybridized carbons (Fsp3) is 0.318. The highest BCUT2D eigenvalue weighted by Crippen LogP contribution is 2.25. The Morgan fingerprint density at radius 1 is 1.11 bits per heavy atom. The van der Waals surface area contributed by atoms with E-state index in [1.807, 2.05) is 0 Å². The minimum absolute atomic E-state index is 0.177. The van der Waals surface area contributed by atoms with Gasteiger partial charge in [0, 0.05) is 16.1 Å². The molecule has 0 fully saturated rings. The third-order valence-electron chi connectivity index (χ3n) is 5.13. The maximum atomic E-state index is 13.0. The summed E-state index contributed by atoms with van der Waals surface area (Å²) in [7, 11) is 0. The summed E-state index contributed by atoms with van der Waals surface area (Å²) in [6.45, 7) is -2.60. The van der Waals surface area contributed by atoms with E-state index >= 15 is 0 Å². The third kappa shape index (κ3) is 6.47. The second-order valence-electron chi connectivity index (χ2n) is 7.71. The Hall–Kier alpha value is -3.29. The van der Waals surface area contributed by atoms with Crippen LogP contribution in [-0.4, -0.2) is 49.4 Å². The predicted octanol–water partition coefficient (Wildman–Crippen LogP) is 3.08. The average molecular weight is 535 g/mol. The quantitative estimate of drug-likeness (QED) is 0.366. The van der Waals surface area contributed by atoms with Gasteiger partial charge in [-0.15, -0.1) is 5.10 Å². The molecule has 0 saturated carbocycles. The standard InChI is InChI=1S/C22H20ClF5N4O4/c23-15-6-4-12(5-7-15)20-30-32(21(36)31(20)9-17(34)22(26,27)28)10-18(35)29-16(11-33)13-2-1-3-14(8-13)19(24)25/h1-8,16-17,19,33-34H,9-11H2,(H,29,35). The summed E-state index contributed by atoms with van der Waals surface area (Å²) in [5.74, 6) is -1.13. The van der Waals surface area contributed by atoms with Crippen LogP contribution in [0, 0.1) is 0 Å². The number of hydrogen-bond donors (Lipinski definition) is 3. The molecule has 2 aromatic carbocycles. The fourth-order valence-corrected chi connectivity index (χ4v) is 3.45. The second kappa shape index (κ2) is 11.2. The number of hydrogen-bond acceptors (Lipinski definition) is 5. The lowest BCUT2D eigenvalue weighted by molar-refractivity contribution is -0.207. The Labute approximate surface area is 205 Å². The molecule has 0 spiro atoms. The molecule has 2 atom stereocenters. The zero-order valence-electron chi connectivity index (χ0n) is 18.3. The minimum Gasteiger partial charge on any atom is -0.394 e. The molecule has 0 aliphatic rings. The predicted molar refractivity (Wildman–Crippen MR) is 118 cm³/mol. The van der Waals surface area contributed by atoms with Crippen molar-refractivity contribution < 1.29 is 37.0 Å². The van der Waals surface area contributed by atoms with Gasteiger partial charge in [-0.1, -0.05) is 29.8 Å². The van der Waals surface area contributed by atoms with E-state index in [2.05, 4.69) is 10.4 Å². The van der Waals surface area contributed by atoms with Crippen molar-refractivity contribution in [2.24, 2.45) is 0 Å². The Morgan fingerprint density at radius 2 is 1.75 bits per heavy atom. The number of benzene rings is 2. The number of alkyl halides is 5. The summed E-state index contributed by atoms with van der Waals surface area (Å²) in [4.78, 5) is 25.4. The second-order valence-corrected chi connectivity index (χ2v) is 8.15. The zero-order chi connectivity index (χ0) is 26.6. The van der Waals surface area contributed by atoms with Crippen LogP contribution in [-0.2, 0) is 17.9 Å². The average Bonchev–Trinajstić information content (AvgIpc) is 3.12. The maximum Gasteiger partial charge on any atom is 0.416 e. The number of aliphatic hydroxyl groups excluding tert-OH is 2. The Kier molecular flexibility index (Phi) is 8.48. The van der Waals surface area contributed by atoms with Gasteiger partial charge in [-0.05, 0) is 35.9 Å². The van der Waals surface area contributed by atoms with Crippen molar-refractivity contribution in [3.8, 4) is 11.4 Å². The van der Waals surface area contributed by atoms with E-state index in [4.69, 9.17) is 11.6 Å². The van der Waals surface area contributed by atoms with Gasteiger partial charge in [-0.2, -0.15) is 13.2 Å². The van der Waals surface area contributed by atoms with Gasteiger partial charge in [0.05, 0.1) is 19.2 Å². The number of halogens is 6. The van der Waals surface area contributed by atoms with Crippen molar-refractivity contribution in [3.63, 3.8) is 0 Å². The SMILES string of the molecule is O=C(Cn1nc(-c2ccc(Cl)cc2)n(CC(O)C(F)(F)F)c1=O)NC(CO)c1cccc(C(F)F)c1. The van der Waals surface area contributed by atoms with Crippen molar-refractivity contribution >= 4 is 17.5 Å². The molecule has 2 unspecified atom stereocenters. The molecular weight excluding hydrogens is 515 g/mol. The van der Waals surface area contributed by atoms with E-state index in [1.54, 1.807) is 0 Å². The van der Waals surface area contributed by atoms with Gasteiger partial charge < -0.3 is 15.5 Å². The van der Waals surface area contributed by atoms with Gasteiger partial charge in [-0.3, -0.25) is 9.36 Å². The first-order valence-electron chi connectivity index (χ1n) is 10.4. The molecular formula is C22H20ClF5N4O4. The van der Waals surface area contributed by atoms with Gasteiger partial charge in [0.1, 0.15) is 6.54 Å². The van der Waals surface area contributed by atoms with Gasteiger partial charge in [0.25, 0.3) is 6.43 Å². The van der Waals surface area contributed by atoms with Crippen LogP contribution in [0.2, 0.25) is 5.02 Å². The highest BCUT2D eigenvalue weighted by Gasteiger charge is 2.39. The lowest BCUT2D eigenvalue weighted by Gasteiger charge is -2.17. The topological polar surface area (TPSA) is 109 Å². The molecule has 8 nitrogen and oxygen atoms in total. The van der Waals surface area contributed by atoms with Crippen molar-refractivity contribution in [2.45, 2.75) is 37.8 Å².